The molecule has 2 N–H and O–H groups in total. The van der Waals surface area contributed by atoms with E-state index in [1.807, 2.05) is 6.07 Å². The summed E-state index contributed by atoms with van der Waals surface area (Å²) in [6.45, 7) is 2.67. The summed E-state index contributed by atoms with van der Waals surface area (Å²) in [5, 5.41) is 6.24. The number of aromatic nitrogens is 1. The zero-order chi connectivity index (χ0) is 22.6. The van der Waals surface area contributed by atoms with Gasteiger partial charge in [-0.25, -0.2) is 4.98 Å². The molecule has 2 amide bonds. The molecule has 0 fully saturated rings. The van der Waals surface area contributed by atoms with Crippen molar-refractivity contribution in [3.63, 3.8) is 0 Å². The van der Waals surface area contributed by atoms with Gasteiger partial charge in [-0.1, -0.05) is 36.4 Å². The van der Waals surface area contributed by atoms with E-state index in [0.29, 0.717) is 16.4 Å². The molecule has 0 bridgehead atoms. The summed E-state index contributed by atoms with van der Waals surface area (Å²) in [5.74, 6) is -0.430. The Morgan fingerprint density at radius 1 is 1.00 bits per heavy atom. The largest absolute Gasteiger partial charge is 0.459 e. The maximum absolute atomic E-state index is 12.8. The molecule has 0 atom stereocenters. The van der Waals surface area contributed by atoms with Gasteiger partial charge in [0.15, 0.2) is 10.9 Å². The van der Waals surface area contributed by atoms with Crippen LogP contribution in [0.25, 0.3) is 0 Å². The Morgan fingerprint density at radius 2 is 1.88 bits per heavy atom. The van der Waals surface area contributed by atoms with Crippen molar-refractivity contribution < 1.29 is 14.0 Å². The normalized spacial score (nSPS) is 13.3. The zero-order valence-corrected chi connectivity index (χ0v) is 18.6. The zero-order valence-electron chi connectivity index (χ0n) is 17.8. The van der Waals surface area contributed by atoms with E-state index < -0.39 is 0 Å². The molecule has 1 aliphatic rings. The van der Waals surface area contributed by atoms with Gasteiger partial charge in [0.25, 0.3) is 11.8 Å². The van der Waals surface area contributed by atoms with E-state index >= 15 is 0 Å². The SMILES string of the molecule is O=C(Nc1nc2c(s1)CN(Cc1ccccc1)CC2)c1cccc(NC(=O)c2ccco2)c1. The lowest BCUT2D eigenvalue weighted by Gasteiger charge is -2.25. The fourth-order valence-electron chi connectivity index (χ4n) is 3.79. The number of benzene rings is 2. The molecule has 3 heterocycles. The summed E-state index contributed by atoms with van der Waals surface area (Å²) in [6, 6.07) is 20.4. The molecule has 4 aromatic rings. The summed E-state index contributed by atoms with van der Waals surface area (Å²) in [6.07, 6.45) is 2.30. The number of anilines is 2. The fraction of sp³-hybridized carbons (Fsp3) is 0.160. The molecular formula is C25H22N4O3S. The Balaban J connectivity index is 1.23. The molecule has 5 rings (SSSR count). The van der Waals surface area contributed by atoms with E-state index in [4.69, 9.17) is 4.42 Å². The molecule has 33 heavy (non-hydrogen) atoms. The van der Waals surface area contributed by atoms with Crippen LogP contribution >= 0.6 is 11.3 Å². The minimum absolute atomic E-state index is 0.208. The number of nitrogens with one attached hydrogen (secondary N) is 2. The monoisotopic (exact) mass is 458 g/mol. The highest BCUT2D eigenvalue weighted by atomic mass is 32.1. The van der Waals surface area contributed by atoms with Crippen LogP contribution in [-0.2, 0) is 19.5 Å². The number of carbonyl (C=O) groups excluding carboxylic acids is 2. The Hall–Kier alpha value is -3.75. The summed E-state index contributed by atoms with van der Waals surface area (Å²) in [5.41, 5.74) is 3.29. The van der Waals surface area contributed by atoms with E-state index in [9.17, 15) is 9.59 Å². The van der Waals surface area contributed by atoms with Crippen LogP contribution in [0.4, 0.5) is 10.8 Å². The highest BCUT2D eigenvalue weighted by Crippen LogP contribution is 2.29. The molecule has 0 spiro atoms. The van der Waals surface area contributed by atoms with Crippen molar-refractivity contribution in [1.82, 2.24) is 9.88 Å². The van der Waals surface area contributed by atoms with Crippen LogP contribution < -0.4 is 10.6 Å². The molecule has 166 valence electrons. The molecular weight excluding hydrogens is 436 g/mol. The standard InChI is InChI=1S/C25H22N4O3S/c30-23(18-8-4-9-19(14-18)26-24(31)21-10-5-13-32-21)28-25-27-20-11-12-29(16-22(20)33-25)15-17-6-2-1-3-7-17/h1-10,13-14H,11-12,15-16H2,(H,26,31)(H,27,28,30). The molecule has 0 unspecified atom stereocenters. The lowest BCUT2D eigenvalue weighted by molar-refractivity contribution is 0.0993. The highest BCUT2D eigenvalue weighted by Gasteiger charge is 2.22. The molecule has 0 radical (unpaired) electrons. The number of fused-ring (bicyclic) bond motifs is 1. The van der Waals surface area contributed by atoms with Gasteiger partial charge in [-0.05, 0) is 35.9 Å². The van der Waals surface area contributed by atoms with Crippen LogP contribution in [0, 0.1) is 0 Å². The molecule has 0 aliphatic carbocycles. The van der Waals surface area contributed by atoms with Crippen LogP contribution in [0.1, 0.15) is 37.0 Å². The third-order valence-corrected chi connectivity index (χ3v) is 6.41. The number of rotatable bonds is 6. The Morgan fingerprint density at radius 3 is 2.70 bits per heavy atom. The Bertz CT molecular complexity index is 1270. The van der Waals surface area contributed by atoms with E-state index in [1.54, 1.807) is 36.4 Å². The predicted molar refractivity (Wildman–Crippen MR) is 127 cm³/mol. The minimum Gasteiger partial charge on any atom is -0.459 e. The summed E-state index contributed by atoms with van der Waals surface area (Å²) >= 11 is 1.52. The first-order valence-corrected chi connectivity index (χ1v) is 11.5. The van der Waals surface area contributed by atoms with Gasteiger partial charge in [-0.15, -0.1) is 11.3 Å². The lowest BCUT2D eigenvalue weighted by Crippen LogP contribution is -2.29. The molecule has 0 saturated carbocycles. The van der Waals surface area contributed by atoms with Crippen LogP contribution in [0.5, 0.6) is 0 Å². The maximum atomic E-state index is 12.8. The first-order valence-electron chi connectivity index (χ1n) is 10.7. The number of furan rings is 1. The van der Waals surface area contributed by atoms with Gasteiger partial charge in [-0.3, -0.25) is 19.8 Å². The van der Waals surface area contributed by atoms with Gasteiger partial charge in [0.05, 0.1) is 12.0 Å². The van der Waals surface area contributed by atoms with Gasteiger partial charge < -0.3 is 9.73 Å². The number of thiazole rings is 1. The number of hydrogen-bond acceptors (Lipinski definition) is 6. The van der Waals surface area contributed by atoms with Crippen molar-refractivity contribution in [2.45, 2.75) is 19.5 Å². The van der Waals surface area contributed by atoms with Crippen molar-refractivity contribution in [3.05, 3.63) is 100 Å². The third-order valence-electron chi connectivity index (χ3n) is 5.41. The smallest absolute Gasteiger partial charge is 0.291 e. The number of nitrogens with zero attached hydrogens (tertiary/aromatic N) is 2. The number of hydrogen-bond donors (Lipinski definition) is 2. The molecule has 1 aliphatic heterocycles. The van der Waals surface area contributed by atoms with Crippen LogP contribution in [0.3, 0.4) is 0 Å². The lowest BCUT2D eigenvalue weighted by atomic mass is 10.1. The van der Waals surface area contributed by atoms with Crippen LogP contribution in [0.2, 0.25) is 0 Å². The van der Waals surface area contributed by atoms with E-state index in [-0.39, 0.29) is 17.6 Å². The van der Waals surface area contributed by atoms with Gasteiger partial charge in [0.1, 0.15) is 0 Å². The van der Waals surface area contributed by atoms with Gasteiger partial charge in [0, 0.05) is 42.2 Å². The summed E-state index contributed by atoms with van der Waals surface area (Å²) in [7, 11) is 0. The van der Waals surface area contributed by atoms with Crippen molar-refractivity contribution in [2.75, 3.05) is 17.2 Å². The molecule has 2 aromatic heterocycles. The predicted octanol–water partition coefficient (Wildman–Crippen LogP) is 4.80. The second kappa shape index (κ2) is 9.40. The van der Waals surface area contributed by atoms with Crippen molar-refractivity contribution in [3.8, 4) is 0 Å². The quantitative estimate of drug-likeness (QED) is 0.433. The average molecular weight is 459 g/mol. The second-order valence-corrected chi connectivity index (χ2v) is 8.89. The van der Waals surface area contributed by atoms with E-state index in [2.05, 4.69) is 44.8 Å². The average Bonchev–Trinajstić information content (AvgIpc) is 3.50. The first kappa shape index (κ1) is 21.1. The second-order valence-electron chi connectivity index (χ2n) is 7.80. The van der Waals surface area contributed by atoms with Gasteiger partial charge in [0.2, 0.25) is 0 Å². The van der Waals surface area contributed by atoms with E-state index in [1.165, 1.54) is 28.0 Å². The Kier molecular flexibility index (Phi) is 6.01. The molecule has 0 saturated heterocycles. The Labute approximate surface area is 195 Å². The molecule has 8 heteroatoms. The summed E-state index contributed by atoms with van der Waals surface area (Å²) < 4.78 is 5.10. The topological polar surface area (TPSA) is 87.5 Å². The van der Waals surface area contributed by atoms with Crippen LogP contribution in [-0.4, -0.2) is 28.2 Å². The minimum atomic E-state index is -0.370. The fourth-order valence-corrected chi connectivity index (χ4v) is 4.83. The van der Waals surface area contributed by atoms with E-state index in [0.717, 1.165) is 31.7 Å². The summed E-state index contributed by atoms with van der Waals surface area (Å²) in [4.78, 5) is 33.2. The third kappa shape index (κ3) is 5.02. The number of amides is 2. The highest BCUT2D eigenvalue weighted by molar-refractivity contribution is 7.15. The van der Waals surface area contributed by atoms with Crippen molar-refractivity contribution in [2.24, 2.45) is 0 Å². The van der Waals surface area contributed by atoms with Crippen LogP contribution in [0.15, 0.2) is 77.4 Å². The maximum Gasteiger partial charge on any atom is 0.291 e. The van der Waals surface area contributed by atoms with Crippen molar-refractivity contribution >= 4 is 34.0 Å². The number of carbonyl (C=O) groups is 2. The first-order chi connectivity index (χ1) is 16.1. The van der Waals surface area contributed by atoms with Gasteiger partial charge >= 0.3 is 0 Å². The molecule has 7 nitrogen and oxygen atoms in total. The molecule has 2 aromatic carbocycles. The van der Waals surface area contributed by atoms with Gasteiger partial charge in [-0.2, -0.15) is 0 Å². The van der Waals surface area contributed by atoms with Crippen molar-refractivity contribution in [1.29, 1.82) is 0 Å².